The number of sulfonamides is 1. The molecule has 106 valence electrons. The number of rotatable bonds is 3. The van der Waals surface area contributed by atoms with Crippen LogP contribution in [0.2, 0.25) is 0 Å². The largest absolute Gasteiger partial charge is 0.282 e. The number of nitrogens with zero attached hydrogens (tertiary/aromatic N) is 1. The predicted molar refractivity (Wildman–Crippen MR) is 78.6 cm³/mol. The highest BCUT2D eigenvalue weighted by atomic mass is 79.9. The van der Waals surface area contributed by atoms with Crippen molar-refractivity contribution >= 4 is 31.6 Å². The third-order valence-corrected chi connectivity index (χ3v) is 4.56. The second-order valence-corrected chi connectivity index (χ2v) is 6.79. The fraction of sp³-hybridized carbons (Fsp3) is 0.154. The molecule has 1 heterocycles. The number of anilines is 1. The molecule has 0 atom stereocenters. The lowest BCUT2D eigenvalue weighted by atomic mass is 10.1. The van der Waals surface area contributed by atoms with Crippen molar-refractivity contribution < 1.29 is 12.8 Å². The third kappa shape index (κ3) is 2.99. The van der Waals surface area contributed by atoms with Gasteiger partial charge in [0.2, 0.25) is 5.03 Å². The van der Waals surface area contributed by atoms with E-state index in [-0.39, 0.29) is 0 Å². The number of hydrogen-bond donors (Lipinski definition) is 1. The van der Waals surface area contributed by atoms with Gasteiger partial charge in [-0.2, -0.15) is 8.42 Å². The van der Waals surface area contributed by atoms with Crippen LogP contribution in [-0.4, -0.2) is 13.4 Å². The Labute approximate surface area is 125 Å². The van der Waals surface area contributed by atoms with Crippen LogP contribution in [0.25, 0.3) is 0 Å². The Morgan fingerprint density at radius 3 is 2.60 bits per heavy atom. The fourth-order valence-electron chi connectivity index (χ4n) is 1.80. The minimum absolute atomic E-state index is 0.376. The summed E-state index contributed by atoms with van der Waals surface area (Å²) in [6, 6.07) is 6.00. The molecule has 0 unspecified atom stereocenters. The molecule has 0 radical (unpaired) electrons. The van der Waals surface area contributed by atoms with Gasteiger partial charge in [-0.15, -0.1) is 0 Å². The lowest BCUT2D eigenvalue weighted by Gasteiger charge is -2.13. The molecule has 0 bridgehead atoms. The van der Waals surface area contributed by atoms with Crippen LogP contribution in [0, 0.1) is 19.7 Å². The summed E-state index contributed by atoms with van der Waals surface area (Å²) in [6.45, 7) is 3.67. The van der Waals surface area contributed by atoms with Gasteiger partial charge in [-0.1, -0.05) is 6.07 Å². The van der Waals surface area contributed by atoms with E-state index in [9.17, 15) is 12.8 Å². The number of benzene rings is 1. The predicted octanol–water partition coefficient (Wildman–Crippen LogP) is 3.40. The third-order valence-electron chi connectivity index (χ3n) is 2.65. The monoisotopic (exact) mass is 358 g/mol. The van der Waals surface area contributed by atoms with Gasteiger partial charge in [-0.05, 0) is 59.1 Å². The molecule has 1 aromatic carbocycles. The molecular weight excluding hydrogens is 347 g/mol. The molecule has 20 heavy (non-hydrogen) atoms. The van der Waals surface area contributed by atoms with Gasteiger partial charge in [-0.3, -0.25) is 4.72 Å². The van der Waals surface area contributed by atoms with E-state index >= 15 is 0 Å². The summed E-state index contributed by atoms with van der Waals surface area (Å²) < 4.78 is 40.9. The molecule has 0 aliphatic rings. The summed E-state index contributed by atoms with van der Waals surface area (Å²) in [7, 11) is -4.07. The maximum atomic E-state index is 13.6. The maximum absolute atomic E-state index is 13.6. The Morgan fingerprint density at radius 2 is 2.00 bits per heavy atom. The van der Waals surface area contributed by atoms with Crippen molar-refractivity contribution in [2.75, 3.05) is 4.72 Å². The average Bonchev–Trinajstić information content (AvgIpc) is 2.34. The molecule has 0 amide bonds. The van der Waals surface area contributed by atoms with Crippen molar-refractivity contribution in [3.63, 3.8) is 0 Å². The number of nitrogens with one attached hydrogen (secondary N) is 1. The topological polar surface area (TPSA) is 59.1 Å². The minimum atomic E-state index is -4.07. The average molecular weight is 359 g/mol. The SMILES string of the molecule is Cc1cc(C)c(NS(=O)(=O)c2ncccc2F)c(Br)c1. The molecule has 0 aliphatic heterocycles. The van der Waals surface area contributed by atoms with E-state index in [0.717, 1.165) is 17.2 Å². The highest BCUT2D eigenvalue weighted by Gasteiger charge is 2.22. The minimum Gasteiger partial charge on any atom is -0.277 e. The Morgan fingerprint density at radius 1 is 1.30 bits per heavy atom. The summed E-state index contributed by atoms with van der Waals surface area (Å²) in [5.74, 6) is -0.888. The van der Waals surface area contributed by atoms with Crippen molar-refractivity contribution in [3.8, 4) is 0 Å². The molecule has 1 aromatic heterocycles. The molecule has 7 heteroatoms. The van der Waals surface area contributed by atoms with Crippen LogP contribution in [0.15, 0.2) is 40.0 Å². The summed E-state index contributed by atoms with van der Waals surface area (Å²) in [5.41, 5.74) is 2.10. The molecule has 0 saturated heterocycles. The van der Waals surface area contributed by atoms with E-state index in [4.69, 9.17) is 0 Å². The van der Waals surface area contributed by atoms with Crippen LogP contribution in [0.3, 0.4) is 0 Å². The van der Waals surface area contributed by atoms with Crippen LogP contribution in [0.5, 0.6) is 0 Å². The Balaban J connectivity index is 2.47. The first-order valence-electron chi connectivity index (χ1n) is 5.71. The van der Waals surface area contributed by atoms with E-state index in [1.165, 1.54) is 12.3 Å². The van der Waals surface area contributed by atoms with Crippen LogP contribution in [0.4, 0.5) is 10.1 Å². The molecule has 2 rings (SSSR count). The fourth-order valence-corrected chi connectivity index (χ4v) is 3.86. The van der Waals surface area contributed by atoms with Gasteiger partial charge in [0.15, 0.2) is 5.82 Å². The number of aryl methyl sites for hydroxylation is 2. The highest BCUT2D eigenvalue weighted by Crippen LogP contribution is 2.29. The molecule has 4 nitrogen and oxygen atoms in total. The van der Waals surface area contributed by atoms with E-state index in [0.29, 0.717) is 10.2 Å². The molecule has 0 aliphatic carbocycles. The van der Waals surface area contributed by atoms with Crippen molar-refractivity contribution in [1.29, 1.82) is 0 Å². The standard InChI is InChI=1S/C13H12BrFN2O2S/c1-8-6-9(2)12(10(14)7-8)17-20(18,19)13-11(15)4-3-5-16-13/h3-7,17H,1-2H3. The molecular formula is C13H12BrFN2O2S. The smallest absolute Gasteiger partial charge is 0.277 e. The number of pyridine rings is 1. The van der Waals surface area contributed by atoms with Gasteiger partial charge in [0, 0.05) is 10.7 Å². The molecule has 0 fully saturated rings. The zero-order valence-corrected chi connectivity index (χ0v) is 13.2. The normalized spacial score (nSPS) is 11.4. The first-order valence-corrected chi connectivity index (χ1v) is 7.99. The summed E-state index contributed by atoms with van der Waals surface area (Å²) in [6.07, 6.45) is 1.23. The Bertz CT molecular complexity index is 740. The zero-order valence-electron chi connectivity index (χ0n) is 10.8. The lowest BCUT2D eigenvalue weighted by Crippen LogP contribution is -2.17. The van der Waals surface area contributed by atoms with Gasteiger partial charge in [-0.25, -0.2) is 9.37 Å². The lowest BCUT2D eigenvalue weighted by molar-refractivity contribution is 0.557. The number of aromatic nitrogens is 1. The van der Waals surface area contributed by atoms with Gasteiger partial charge in [0.25, 0.3) is 10.0 Å². The molecule has 2 aromatic rings. The van der Waals surface area contributed by atoms with E-state index in [1.807, 2.05) is 13.0 Å². The highest BCUT2D eigenvalue weighted by molar-refractivity contribution is 9.10. The van der Waals surface area contributed by atoms with E-state index in [1.54, 1.807) is 13.0 Å². The van der Waals surface area contributed by atoms with Crippen LogP contribution >= 0.6 is 15.9 Å². The van der Waals surface area contributed by atoms with Gasteiger partial charge >= 0.3 is 0 Å². The van der Waals surface area contributed by atoms with Crippen molar-refractivity contribution in [1.82, 2.24) is 4.98 Å². The van der Waals surface area contributed by atoms with Crippen LogP contribution in [-0.2, 0) is 10.0 Å². The van der Waals surface area contributed by atoms with Crippen molar-refractivity contribution in [2.24, 2.45) is 0 Å². The number of hydrogen-bond acceptors (Lipinski definition) is 3. The van der Waals surface area contributed by atoms with Crippen molar-refractivity contribution in [2.45, 2.75) is 18.9 Å². The van der Waals surface area contributed by atoms with Gasteiger partial charge in [0.1, 0.15) is 0 Å². The maximum Gasteiger partial charge on any atom is 0.282 e. The number of halogens is 2. The van der Waals surface area contributed by atoms with E-state index in [2.05, 4.69) is 25.6 Å². The Kier molecular flexibility index (Phi) is 4.10. The summed E-state index contributed by atoms with van der Waals surface area (Å²) in [5, 5.41) is -0.619. The van der Waals surface area contributed by atoms with Crippen LogP contribution in [0.1, 0.15) is 11.1 Å². The van der Waals surface area contributed by atoms with Gasteiger partial charge < -0.3 is 0 Å². The van der Waals surface area contributed by atoms with E-state index < -0.39 is 20.9 Å². The Hall–Kier alpha value is -1.47. The summed E-state index contributed by atoms with van der Waals surface area (Å²) >= 11 is 3.30. The first kappa shape index (κ1) is 14.9. The molecule has 1 N–H and O–H groups in total. The van der Waals surface area contributed by atoms with Crippen LogP contribution < -0.4 is 4.72 Å². The molecule has 0 saturated carbocycles. The first-order chi connectivity index (χ1) is 9.31. The van der Waals surface area contributed by atoms with Crippen molar-refractivity contribution in [3.05, 3.63) is 51.9 Å². The zero-order chi connectivity index (χ0) is 14.9. The second kappa shape index (κ2) is 5.49. The molecule has 0 spiro atoms. The second-order valence-electron chi connectivity index (χ2n) is 4.33. The quantitative estimate of drug-likeness (QED) is 0.914. The van der Waals surface area contributed by atoms with Gasteiger partial charge in [0.05, 0.1) is 5.69 Å². The summed E-state index contributed by atoms with van der Waals surface area (Å²) in [4.78, 5) is 3.58.